The summed E-state index contributed by atoms with van der Waals surface area (Å²) in [5, 5.41) is 5.44. The third-order valence-electron chi connectivity index (χ3n) is 3.85. The molecule has 1 aliphatic carbocycles. The van der Waals surface area contributed by atoms with Gasteiger partial charge in [-0.05, 0) is 40.4 Å². The molecule has 4 nitrogen and oxygen atoms in total. The monoisotopic (exact) mass is 352 g/mol. The van der Waals surface area contributed by atoms with Gasteiger partial charge in [0.15, 0.2) is 0 Å². The molecule has 0 unspecified atom stereocenters. The molecule has 0 heterocycles. The Kier molecular flexibility index (Phi) is 6.23. The quantitative estimate of drug-likeness (QED) is 0.823. The van der Waals surface area contributed by atoms with Crippen LogP contribution in [-0.4, -0.2) is 18.4 Å². The van der Waals surface area contributed by atoms with E-state index >= 15 is 0 Å². The number of rotatable bonds is 6. The fourth-order valence-corrected chi connectivity index (χ4v) is 3.04. The van der Waals surface area contributed by atoms with Gasteiger partial charge in [-0.25, -0.2) is 0 Å². The number of benzene rings is 1. The van der Waals surface area contributed by atoms with Crippen LogP contribution in [0.2, 0.25) is 0 Å². The molecule has 0 spiro atoms. The SMILES string of the molecule is O=C(CCC1CCCC1)NCC(=O)Nc1ccccc1Br. The zero-order chi connectivity index (χ0) is 15.1. The van der Waals surface area contributed by atoms with E-state index in [0.717, 1.165) is 10.9 Å². The van der Waals surface area contributed by atoms with Crippen LogP contribution < -0.4 is 10.6 Å². The van der Waals surface area contributed by atoms with Crippen LogP contribution in [0.5, 0.6) is 0 Å². The second-order valence-electron chi connectivity index (χ2n) is 5.49. The lowest BCUT2D eigenvalue weighted by atomic mass is 10.0. The molecular formula is C16H21BrN2O2. The summed E-state index contributed by atoms with van der Waals surface area (Å²) in [5.74, 6) is 0.449. The first kappa shape index (κ1) is 16.0. The number of amides is 2. The summed E-state index contributed by atoms with van der Waals surface area (Å²) in [4.78, 5) is 23.5. The standard InChI is InChI=1S/C16H21BrN2O2/c17-13-7-3-4-8-14(13)19-16(21)11-18-15(20)10-9-12-5-1-2-6-12/h3-4,7-8,12H,1-2,5-6,9-11H2,(H,18,20)(H,19,21). The predicted molar refractivity (Wildman–Crippen MR) is 87.0 cm³/mol. The van der Waals surface area contributed by atoms with Crippen molar-refractivity contribution in [2.24, 2.45) is 5.92 Å². The minimum Gasteiger partial charge on any atom is -0.347 e. The molecular weight excluding hydrogens is 332 g/mol. The molecule has 0 aliphatic heterocycles. The summed E-state index contributed by atoms with van der Waals surface area (Å²) < 4.78 is 0.825. The van der Waals surface area contributed by atoms with Crippen LogP contribution in [-0.2, 0) is 9.59 Å². The lowest BCUT2D eigenvalue weighted by Crippen LogP contribution is -2.33. The fraction of sp³-hybridized carbons (Fsp3) is 0.500. The maximum Gasteiger partial charge on any atom is 0.243 e. The zero-order valence-electron chi connectivity index (χ0n) is 12.0. The topological polar surface area (TPSA) is 58.2 Å². The molecule has 1 aromatic rings. The Labute approximate surface area is 133 Å². The van der Waals surface area contributed by atoms with Gasteiger partial charge < -0.3 is 10.6 Å². The molecule has 0 radical (unpaired) electrons. The molecule has 114 valence electrons. The van der Waals surface area contributed by atoms with Crippen LogP contribution in [0, 0.1) is 5.92 Å². The number of hydrogen-bond donors (Lipinski definition) is 2. The highest BCUT2D eigenvalue weighted by atomic mass is 79.9. The van der Waals surface area contributed by atoms with E-state index in [1.54, 1.807) is 0 Å². The Morgan fingerprint density at radius 2 is 1.86 bits per heavy atom. The van der Waals surface area contributed by atoms with Gasteiger partial charge in [0.25, 0.3) is 0 Å². The number of hydrogen-bond acceptors (Lipinski definition) is 2. The van der Waals surface area contributed by atoms with Gasteiger partial charge in [0.1, 0.15) is 0 Å². The van der Waals surface area contributed by atoms with Gasteiger partial charge >= 0.3 is 0 Å². The predicted octanol–water partition coefficient (Wildman–Crippen LogP) is 3.47. The average Bonchev–Trinajstić information content (AvgIpc) is 2.99. The summed E-state index contributed by atoms with van der Waals surface area (Å²) in [6.45, 7) is 0.0187. The van der Waals surface area contributed by atoms with E-state index in [1.807, 2.05) is 24.3 Å². The molecule has 0 saturated heterocycles. The lowest BCUT2D eigenvalue weighted by Gasteiger charge is -2.10. The van der Waals surface area contributed by atoms with Crippen molar-refractivity contribution in [3.8, 4) is 0 Å². The molecule has 2 amide bonds. The molecule has 2 N–H and O–H groups in total. The zero-order valence-corrected chi connectivity index (χ0v) is 13.6. The third kappa shape index (κ3) is 5.50. The van der Waals surface area contributed by atoms with E-state index in [-0.39, 0.29) is 18.4 Å². The second-order valence-corrected chi connectivity index (χ2v) is 6.35. The van der Waals surface area contributed by atoms with E-state index < -0.39 is 0 Å². The van der Waals surface area contributed by atoms with Crippen LogP contribution in [0.1, 0.15) is 38.5 Å². The maximum absolute atomic E-state index is 11.8. The molecule has 0 bridgehead atoms. The molecule has 1 fully saturated rings. The van der Waals surface area contributed by atoms with E-state index in [4.69, 9.17) is 0 Å². The lowest BCUT2D eigenvalue weighted by molar-refractivity contribution is -0.124. The van der Waals surface area contributed by atoms with E-state index in [9.17, 15) is 9.59 Å². The second kappa shape index (κ2) is 8.17. The summed E-state index contributed by atoms with van der Waals surface area (Å²) in [6, 6.07) is 7.39. The van der Waals surface area contributed by atoms with E-state index in [0.29, 0.717) is 18.0 Å². The molecule has 1 aromatic carbocycles. The Morgan fingerprint density at radius 1 is 1.14 bits per heavy atom. The van der Waals surface area contributed by atoms with E-state index in [1.165, 1.54) is 25.7 Å². The first-order chi connectivity index (χ1) is 10.1. The highest BCUT2D eigenvalue weighted by molar-refractivity contribution is 9.10. The van der Waals surface area contributed by atoms with Crippen LogP contribution in [0.15, 0.2) is 28.7 Å². The summed E-state index contributed by atoms with van der Waals surface area (Å²) in [5.41, 5.74) is 0.711. The van der Waals surface area contributed by atoms with Crippen molar-refractivity contribution in [3.05, 3.63) is 28.7 Å². The van der Waals surface area contributed by atoms with Crippen LogP contribution >= 0.6 is 15.9 Å². The number of carbonyl (C=O) groups excluding carboxylic acids is 2. The van der Waals surface area contributed by atoms with Crippen LogP contribution in [0.4, 0.5) is 5.69 Å². The van der Waals surface area contributed by atoms with Gasteiger partial charge in [0.2, 0.25) is 11.8 Å². The molecule has 0 aromatic heterocycles. The molecule has 1 aliphatic rings. The molecule has 0 atom stereocenters. The molecule has 1 saturated carbocycles. The van der Waals surface area contributed by atoms with Gasteiger partial charge in [-0.3, -0.25) is 9.59 Å². The Bertz CT molecular complexity index is 499. The van der Waals surface area contributed by atoms with Crippen molar-refractivity contribution in [3.63, 3.8) is 0 Å². The summed E-state index contributed by atoms with van der Waals surface area (Å²) >= 11 is 3.37. The maximum atomic E-state index is 11.8. The van der Waals surface area contributed by atoms with E-state index in [2.05, 4.69) is 26.6 Å². The molecule has 5 heteroatoms. The highest BCUT2D eigenvalue weighted by Crippen LogP contribution is 2.28. The van der Waals surface area contributed by atoms with Crippen LogP contribution in [0.3, 0.4) is 0 Å². The molecule has 2 rings (SSSR count). The average molecular weight is 353 g/mol. The number of halogens is 1. The summed E-state index contributed by atoms with van der Waals surface area (Å²) in [6.07, 6.45) is 6.54. The number of para-hydroxylation sites is 1. The number of carbonyl (C=O) groups is 2. The van der Waals surface area contributed by atoms with Crippen molar-refractivity contribution in [2.75, 3.05) is 11.9 Å². The van der Waals surface area contributed by atoms with Crippen molar-refractivity contribution < 1.29 is 9.59 Å². The largest absolute Gasteiger partial charge is 0.347 e. The van der Waals surface area contributed by atoms with Crippen molar-refractivity contribution in [1.82, 2.24) is 5.32 Å². The minimum absolute atomic E-state index is 0.0187. The Balaban J connectivity index is 1.66. The molecule has 21 heavy (non-hydrogen) atoms. The third-order valence-corrected chi connectivity index (χ3v) is 4.54. The van der Waals surface area contributed by atoms with Crippen molar-refractivity contribution >= 4 is 33.4 Å². The van der Waals surface area contributed by atoms with Gasteiger partial charge in [0.05, 0.1) is 12.2 Å². The number of nitrogens with one attached hydrogen (secondary N) is 2. The normalized spacial score (nSPS) is 14.9. The smallest absolute Gasteiger partial charge is 0.243 e. The highest BCUT2D eigenvalue weighted by Gasteiger charge is 2.16. The first-order valence-electron chi connectivity index (χ1n) is 7.46. The summed E-state index contributed by atoms with van der Waals surface area (Å²) in [7, 11) is 0. The minimum atomic E-state index is -0.212. The Morgan fingerprint density at radius 3 is 2.57 bits per heavy atom. The Hall–Kier alpha value is -1.36. The fourth-order valence-electron chi connectivity index (χ4n) is 2.66. The van der Waals surface area contributed by atoms with Crippen molar-refractivity contribution in [1.29, 1.82) is 0 Å². The van der Waals surface area contributed by atoms with Gasteiger partial charge in [0, 0.05) is 10.9 Å². The van der Waals surface area contributed by atoms with Gasteiger partial charge in [-0.15, -0.1) is 0 Å². The van der Waals surface area contributed by atoms with Crippen LogP contribution in [0.25, 0.3) is 0 Å². The number of anilines is 1. The van der Waals surface area contributed by atoms with Crippen molar-refractivity contribution in [2.45, 2.75) is 38.5 Å². The first-order valence-corrected chi connectivity index (χ1v) is 8.25. The van der Waals surface area contributed by atoms with Gasteiger partial charge in [-0.1, -0.05) is 37.8 Å². The van der Waals surface area contributed by atoms with Gasteiger partial charge in [-0.2, -0.15) is 0 Å².